The second-order valence-corrected chi connectivity index (χ2v) is 5.08. The fourth-order valence-electron chi connectivity index (χ4n) is 1.49. The number of likely N-dealkylation sites (tertiary alicyclic amines) is 1. The number of nitrogens with zero attached hydrogens (tertiary/aromatic N) is 1. The van der Waals surface area contributed by atoms with Crippen LogP contribution in [-0.2, 0) is 19.2 Å². The number of carbonyl (C=O) groups is 4. The number of thiol groups is 1. The van der Waals surface area contributed by atoms with Gasteiger partial charge in [0.15, 0.2) is 5.78 Å². The monoisotopic (exact) mass is 434 g/mol. The summed E-state index contributed by atoms with van der Waals surface area (Å²) in [4.78, 5) is 46.8. The molecule has 0 aromatic rings. The predicted molar refractivity (Wildman–Crippen MR) is 77.3 cm³/mol. The van der Waals surface area contributed by atoms with Crippen molar-refractivity contribution >= 4 is 45.1 Å². The van der Waals surface area contributed by atoms with Crippen molar-refractivity contribution in [1.29, 1.82) is 0.594 Å². The van der Waals surface area contributed by atoms with Crippen LogP contribution < -0.4 is 26.3 Å². The summed E-state index contributed by atoms with van der Waals surface area (Å²) in [7, 11) is 5.08. The van der Waals surface area contributed by atoms with E-state index in [9.17, 15) is 19.2 Å². The molecule has 1 aliphatic heterocycles. The van der Waals surface area contributed by atoms with Gasteiger partial charge in [-0.1, -0.05) is 6.92 Å². The van der Waals surface area contributed by atoms with Gasteiger partial charge in [-0.3, -0.25) is 24.1 Å². The Kier molecular flexibility index (Phi) is 9.27. The molecule has 20 heavy (non-hydrogen) atoms. The summed E-state index contributed by atoms with van der Waals surface area (Å²) in [6, 6.07) is 0. The summed E-state index contributed by atoms with van der Waals surface area (Å²) in [6.07, 6.45) is 0.366. The summed E-state index contributed by atoms with van der Waals surface area (Å²) >= 11 is 0.666. The van der Waals surface area contributed by atoms with Crippen LogP contribution in [0.15, 0.2) is 0 Å². The molecule has 1 unspecified atom stereocenters. The van der Waals surface area contributed by atoms with Crippen LogP contribution in [0.4, 0.5) is 0 Å². The van der Waals surface area contributed by atoms with Crippen LogP contribution in [0.1, 0.15) is 19.8 Å². The second kappa shape index (κ2) is 10.4. The number of ketones is 1. The average Bonchev–Trinajstić information content (AvgIpc) is 2.72. The number of hydrogen-bond donors (Lipinski definition) is 2. The van der Waals surface area contributed by atoms with E-state index < -0.39 is 26.3 Å². The number of imide groups is 1. The van der Waals surface area contributed by atoms with Gasteiger partial charge < -0.3 is 5.32 Å². The van der Waals surface area contributed by atoms with Gasteiger partial charge in [-0.05, 0) is 0 Å². The first-order chi connectivity index (χ1) is 9.90. The Balaban J connectivity index is 0.00000122. The summed E-state index contributed by atoms with van der Waals surface area (Å²) in [5.74, 6) is -0.903. The van der Waals surface area contributed by atoms with Crippen LogP contribution in [0.2, 0.25) is 0 Å². The molecular formula is C11H18IN2O4S2-. The number of halogens is 1. The van der Waals surface area contributed by atoms with Gasteiger partial charge in [0.2, 0.25) is 17.7 Å². The molecule has 1 rings (SSSR count). The molecule has 0 radical (unpaired) electrons. The molecule has 3 amide bonds. The third kappa shape index (κ3) is 6.00. The molecule has 0 saturated carbocycles. The molecule has 1 fully saturated rings. The molecule has 1 heterocycles. The summed E-state index contributed by atoms with van der Waals surface area (Å²) < 4.78 is 6.18. The SMILES string of the molecule is CCC(=O)CN1C(=O)CC(SCC(=O)NC)C1=O.[2H][I-]S. The van der Waals surface area contributed by atoms with Gasteiger partial charge in [-0.15, -0.1) is 11.8 Å². The Morgan fingerprint density at radius 1 is 1.60 bits per heavy atom. The molecule has 116 valence electrons. The molecule has 1 aliphatic rings. The van der Waals surface area contributed by atoms with E-state index in [0.717, 1.165) is 16.7 Å². The molecule has 0 aromatic carbocycles. The van der Waals surface area contributed by atoms with Crippen molar-refractivity contribution in [2.45, 2.75) is 25.0 Å². The van der Waals surface area contributed by atoms with Crippen molar-refractivity contribution in [3.05, 3.63) is 0 Å². The van der Waals surface area contributed by atoms with Crippen molar-refractivity contribution in [3.8, 4) is 0 Å². The molecule has 1 saturated heterocycles. The van der Waals surface area contributed by atoms with Gasteiger partial charge in [-0.25, -0.2) is 0 Å². The maximum absolute atomic E-state index is 11.9. The van der Waals surface area contributed by atoms with Crippen LogP contribution in [0.3, 0.4) is 0 Å². The Labute approximate surface area is 140 Å². The number of thioether (sulfide) groups is 1. The van der Waals surface area contributed by atoms with E-state index in [1.807, 2.05) is 0 Å². The fraction of sp³-hybridized carbons (Fsp3) is 0.636. The van der Waals surface area contributed by atoms with E-state index in [-0.39, 0.29) is 42.2 Å². The maximum atomic E-state index is 11.9. The van der Waals surface area contributed by atoms with Gasteiger partial charge in [0, 0.05) is 19.9 Å². The molecule has 1 N–H and O–H groups in total. The summed E-state index contributed by atoms with van der Waals surface area (Å²) in [6.45, 7) is 1.54. The first kappa shape index (κ1) is 17.8. The number of rotatable bonds is 6. The minimum atomic E-state index is -0.542. The molecule has 0 bridgehead atoms. The first-order valence-corrected chi connectivity index (χ1v) is 10.1. The fourth-order valence-corrected chi connectivity index (χ4v) is 2.51. The van der Waals surface area contributed by atoms with Crippen LogP contribution in [0, 0.1) is 0 Å². The quantitative estimate of drug-likeness (QED) is 0.260. The predicted octanol–water partition coefficient (Wildman–Crippen LogP) is -3.31. The van der Waals surface area contributed by atoms with Gasteiger partial charge in [0.25, 0.3) is 0 Å². The number of carbonyl (C=O) groups excluding carboxylic acids is 4. The molecule has 6 nitrogen and oxygen atoms in total. The molecule has 9 heteroatoms. The van der Waals surface area contributed by atoms with Crippen LogP contribution in [0.25, 0.3) is 0 Å². The van der Waals surface area contributed by atoms with Gasteiger partial charge in [0.1, 0.15) is 0 Å². The Bertz CT molecular complexity index is 412. The molecule has 0 aromatic heterocycles. The Hall–Kier alpha value is -0.290. The zero-order valence-electron chi connectivity index (χ0n) is 12.2. The van der Waals surface area contributed by atoms with Crippen LogP contribution in [-0.4, -0.2) is 53.6 Å². The summed E-state index contributed by atoms with van der Waals surface area (Å²) in [5.41, 5.74) is 0. The first-order valence-electron chi connectivity index (χ1n) is 6.22. The van der Waals surface area contributed by atoms with Crippen molar-refractivity contribution in [3.63, 3.8) is 0 Å². The average molecular weight is 434 g/mol. The van der Waals surface area contributed by atoms with Crippen molar-refractivity contribution in [2.75, 3.05) is 19.3 Å². The second-order valence-electron chi connectivity index (χ2n) is 3.89. The minimum absolute atomic E-state index is 0.0670. The van der Waals surface area contributed by atoms with E-state index in [1.54, 1.807) is 6.92 Å². The number of amides is 3. The van der Waals surface area contributed by atoms with Crippen molar-refractivity contribution in [1.82, 2.24) is 10.2 Å². The molecule has 1 atom stereocenters. The summed E-state index contributed by atoms with van der Waals surface area (Å²) in [5, 5.41) is 1.90. The van der Waals surface area contributed by atoms with Gasteiger partial charge in [0.05, 0.1) is 17.5 Å². The normalized spacial score (nSPS) is 18.4. The van der Waals surface area contributed by atoms with Crippen molar-refractivity contribution in [2.24, 2.45) is 0 Å². The number of hydrogen-bond acceptors (Lipinski definition) is 6. The molecule has 0 aliphatic carbocycles. The molecule has 0 spiro atoms. The van der Waals surface area contributed by atoms with E-state index in [2.05, 4.69) is 15.1 Å². The standard InChI is InChI=1S/C11H16N2O4S.H2IS/c1-3-7(14)5-13-10(16)4-8(11(13)17)18-6-9(15)12-2;1-2/h8H,3-6H2,1-2H3,(H,12,15);1-2H/q;-1/i;1D. The van der Waals surface area contributed by atoms with Crippen molar-refractivity contribution < 1.29 is 40.2 Å². The van der Waals surface area contributed by atoms with E-state index >= 15 is 0 Å². The van der Waals surface area contributed by atoms with Gasteiger partial charge >= 0.3 is 31.4 Å². The Morgan fingerprint density at radius 2 is 2.20 bits per heavy atom. The van der Waals surface area contributed by atoms with Gasteiger partial charge in [-0.2, -0.15) is 0 Å². The third-order valence-electron chi connectivity index (χ3n) is 2.63. The number of nitrogens with one attached hydrogen (secondary N) is 1. The van der Waals surface area contributed by atoms with Crippen LogP contribution in [0.5, 0.6) is 0 Å². The topological polar surface area (TPSA) is 83.6 Å². The Morgan fingerprint density at radius 3 is 2.70 bits per heavy atom. The third-order valence-corrected chi connectivity index (χ3v) is 3.83. The van der Waals surface area contributed by atoms with E-state index in [4.69, 9.17) is 0.594 Å². The number of Topliss-reactive ketones (excluding diaryl/α,β-unsaturated/α-hetero) is 1. The zero-order chi connectivity index (χ0) is 16.4. The van der Waals surface area contributed by atoms with E-state index in [1.165, 1.54) is 7.05 Å². The van der Waals surface area contributed by atoms with E-state index in [0.29, 0.717) is 6.42 Å². The van der Waals surface area contributed by atoms with Crippen LogP contribution >= 0.6 is 21.6 Å². The zero-order valence-corrected chi connectivity index (χ0v) is 15.1. The molecular weight excluding hydrogens is 415 g/mol.